The lowest BCUT2D eigenvalue weighted by Gasteiger charge is -2.12. The average Bonchev–Trinajstić information content (AvgIpc) is 3.42. The minimum absolute atomic E-state index is 0.111. The van der Waals surface area contributed by atoms with Crippen molar-refractivity contribution in [3.63, 3.8) is 0 Å². The number of rotatable bonds is 4. The summed E-state index contributed by atoms with van der Waals surface area (Å²) in [5.41, 5.74) is 1.68. The first-order valence-corrected chi connectivity index (χ1v) is 10.4. The van der Waals surface area contributed by atoms with Crippen molar-refractivity contribution in [2.24, 2.45) is 7.05 Å². The standard InChI is InChI=1S/C25H23FN6O/c1-16(2)32-13-11-28-24(32)21-6-5-7-22(29-21)30-25(33)19-15-18(17(3)14-20(19)26)8-9-23-27-10-12-31(23)4/h5-7,10-16H,1-4H3,(H,29,30,33). The highest BCUT2D eigenvalue weighted by molar-refractivity contribution is 6.04. The summed E-state index contributed by atoms with van der Waals surface area (Å²) in [6.45, 7) is 5.84. The molecule has 4 aromatic rings. The zero-order chi connectivity index (χ0) is 23.5. The van der Waals surface area contributed by atoms with Crippen LogP contribution in [0.3, 0.4) is 0 Å². The van der Waals surface area contributed by atoms with E-state index in [0.717, 1.165) is 0 Å². The molecule has 0 aliphatic carbocycles. The maximum atomic E-state index is 14.6. The van der Waals surface area contributed by atoms with Crippen molar-refractivity contribution in [2.45, 2.75) is 26.8 Å². The van der Waals surface area contributed by atoms with Gasteiger partial charge in [-0.2, -0.15) is 0 Å². The van der Waals surface area contributed by atoms with Crippen molar-refractivity contribution < 1.29 is 9.18 Å². The number of amides is 1. The molecule has 1 amide bonds. The second kappa shape index (κ2) is 9.09. The van der Waals surface area contributed by atoms with E-state index in [1.165, 1.54) is 12.1 Å². The smallest absolute Gasteiger partial charge is 0.259 e. The first kappa shape index (κ1) is 22.0. The van der Waals surface area contributed by atoms with Crippen molar-refractivity contribution in [3.8, 4) is 23.4 Å². The number of carbonyl (C=O) groups excluding carboxylic acids is 1. The van der Waals surface area contributed by atoms with E-state index < -0.39 is 11.7 Å². The van der Waals surface area contributed by atoms with Crippen molar-refractivity contribution >= 4 is 11.7 Å². The Morgan fingerprint density at radius 3 is 2.64 bits per heavy atom. The topological polar surface area (TPSA) is 77.6 Å². The molecule has 1 aromatic carbocycles. The van der Waals surface area contributed by atoms with Crippen LogP contribution >= 0.6 is 0 Å². The Morgan fingerprint density at radius 2 is 1.91 bits per heavy atom. The highest BCUT2D eigenvalue weighted by Crippen LogP contribution is 2.22. The number of halogens is 1. The molecule has 7 nitrogen and oxygen atoms in total. The lowest BCUT2D eigenvalue weighted by atomic mass is 10.0. The van der Waals surface area contributed by atoms with Crippen LogP contribution in [0.15, 0.2) is 55.1 Å². The summed E-state index contributed by atoms with van der Waals surface area (Å²) in [4.78, 5) is 25.9. The number of carbonyl (C=O) groups is 1. The molecule has 3 heterocycles. The van der Waals surface area contributed by atoms with Gasteiger partial charge in [0.15, 0.2) is 11.6 Å². The van der Waals surface area contributed by atoms with Gasteiger partial charge >= 0.3 is 0 Å². The van der Waals surface area contributed by atoms with Gasteiger partial charge in [-0.1, -0.05) is 12.0 Å². The van der Waals surface area contributed by atoms with E-state index >= 15 is 0 Å². The maximum absolute atomic E-state index is 14.6. The number of hydrogen-bond donors (Lipinski definition) is 1. The summed E-state index contributed by atoms with van der Waals surface area (Å²) in [6, 6.07) is 8.19. The van der Waals surface area contributed by atoms with Gasteiger partial charge in [-0.3, -0.25) is 4.79 Å². The van der Waals surface area contributed by atoms with Crippen molar-refractivity contribution in [3.05, 3.63) is 83.5 Å². The molecule has 33 heavy (non-hydrogen) atoms. The molecule has 1 N–H and O–H groups in total. The van der Waals surface area contributed by atoms with Gasteiger partial charge in [0.2, 0.25) is 0 Å². The van der Waals surface area contributed by atoms with Crippen molar-refractivity contribution in [2.75, 3.05) is 5.32 Å². The predicted octanol–water partition coefficient (Wildman–Crippen LogP) is 4.36. The van der Waals surface area contributed by atoms with Gasteiger partial charge in [0.05, 0.1) is 5.56 Å². The van der Waals surface area contributed by atoms with Gasteiger partial charge in [-0.15, -0.1) is 0 Å². The molecule has 166 valence electrons. The molecule has 0 saturated heterocycles. The number of imidazole rings is 2. The Kier molecular flexibility index (Phi) is 6.05. The fourth-order valence-corrected chi connectivity index (χ4v) is 3.33. The first-order valence-electron chi connectivity index (χ1n) is 10.4. The van der Waals surface area contributed by atoms with Crippen LogP contribution in [-0.2, 0) is 7.05 Å². The van der Waals surface area contributed by atoms with Gasteiger partial charge in [0.25, 0.3) is 5.91 Å². The summed E-state index contributed by atoms with van der Waals surface area (Å²) in [6.07, 6.45) is 7.02. The van der Waals surface area contributed by atoms with E-state index in [2.05, 4.69) is 32.1 Å². The molecule has 0 atom stereocenters. The molecular weight excluding hydrogens is 419 g/mol. The lowest BCUT2D eigenvalue weighted by molar-refractivity contribution is 0.102. The number of hydrogen-bond acceptors (Lipinski definition) is 4. The fourth-order valence-electron chi connectivity index (χ4n) is 3.33. The molecule has 3 aromatic heterocycles. The average molecular weight is 442 g/mol. The number of aryl methyl sites for hydroxylation is 2. The minimum Gasteiger partial charge on any atom is -0.327 e. The normalized spacial score (nSPS) is 10.7. The Balaban J connectivity index is 1.61. The van der Waals surface area contributed by atoms with Gasteiger partial charge in [-0.05, 0) is 56.5 Å². The Labute approximate surface area is 191 Å². The third-order valence-corrected chi connectivity index (χ3v) is 5.13. The summed E-state index contributed by atoms with van der Waals surface area (Å²) in [5.74, 6) is 6.26. The molecule has 4 rings (SSSR count). The SMILES string of the molecule is Cc1cc(F)c(C(=O)Nc2cccc(-c3nccn3C(C)C)n2)cc1C#Cc1nccn1C. The number of pyridine rings is 1. The summed E-state index contributed by atoms with van der Waals surface area (Å²) in [7, 11) is 1.84. The molecule has 0 aliphatic heterocycles. The maximum Gasteiger partial charge on any atom is 0.259 e. The van der Waals surface area contributed by atoms with E-state index in [0.29, 0.717) is 34.3 Å². The van der Waals surface area contributed by atoms with E-state index in [1.807, 2.05) is 37.7 Å². The van der Waals surface area contributed by atoms with E-state index in [-0.39, 0.29) is 11.6 Å². The van der Waals surface area contributed by atoms with Crippen LogP contribution in [0, 0.1) is 24.6 Å². The van der Waals surface area contributed by atoms with Crippen LogP contribution < -0.4 is 5.32 Å². The second-order valence-corrected chi connectivity index (χ2v) is 7.87. The third kappa shape index (κ3) is 4.67. The van der Waals surface area contributed by atoms with E-state index in [9.17, 15) is 9.18 Å². The molecule has 0 radical (unpaired) electrons. The number of aromatic nitrogens is 5. The number of nitrogens with one attached hydrogen (secondary N) is 1. The number of benzene rings is 1. The molecule has 0 fully saturated rings. The zero-order valence-electron chi connectivity index (χ0n) is 18.8. The molecule has 8 heteroatoms. The summed E-state index contributed by atoms with van der Waals surface area (Å²) in [5, 5.41) is 2.68. The molecule has 0 saturated carbocycles. The third-order valence-electron chi connectivity index (χ3n) is 5.13. The van der Waals surface area contributed by atoms with Crippen molar-refractivity contribution in [1.82, 2.24) is 24.1 Å². The predicted molar refractivity (Wildman–Crippen MR) is 124 cm³/mol. The van der Waals surface area contributed by atoms with E-state index in [4.69, 9.17) is 0 Å². The highest BCUT2D eigenvalue weighted by Gasteiger charge is 2.16. The summed E-state index contributed by atoms with van der Waals surface area (Å²) < 4.78 is 18.4. The van der Waals surface area contributed by atoms with Gasteiger partial charge in [-0.25, -0.2) is 19.3 Å². The fraction of sp³-hybridized carbons (Fsp3) is 0.200. The zero-order valence-corrected chi connectivity index (χ0v) is 18.8. The van der Waals surface area contributed by atoms with Crippen LogP contribution in [0.2, 0.25) is 0 Å². The van der Waals surface area contributed by atoms with Gasteiger partial charge in [0.1, 0.15) is 17.3 Å². The van der Waals surface area contributed by atoms with Crippen molar-refractivity contribution in [1.29, 1.82) is 0 Å². The Hall–Kier alpha value is -4.25. The molecular formula is C25H23FN6O. The summed E-state index contributed by atoms with van der Waals surface area (Å²) >= 11 is 0. The minimum atomic E-state index is -0.626. The van der Waals surface area contributed by atoms with Gasteiger partial charge < -0.3 is 14.5 Å². The molecule has 0 unspecified atom stereocenters. The number of nitrogens with zero attached hydrogens (tertiary/aromatic N) is 5. The molecule has 0 bridgehead atoms. The monoisotopic (exact) mass is 442 g/mol. The first-order chi connectivity index (χ1) is 15.8. The van der Waals surface area contributed by atoms with Crippen LogP contribution in [-0.4, -0.2) is 30.0 Å². The van der Waals surface area contributed by atoms with Crippen LogP contribution in [0.4, 0.5) is 10.2 Å². The van der Waals surface area contributed by atoms with Gasteiger partial charge in [0, 0.05) is 43.4 Å². The van der Waals surface area contributed by atoms with Crippen LogP contribution in [0.25, 0.3) is 11.5 Å². The molecule has 0 aliphatic rings. The van der Waals surface area contributed by atoms with E-state index in [1.54, 1.807) is 42.2 Å². The second-order valence-electron chi connectivity index (χ2n) is 7.87. The van der Waals surface area contributed by atoms with Crippen LogP contribution in [0.5, 0.6) is 0 Å². The quantitative estimate of drug-likeness (QED) is 0.477. The Morgan fingerprint density at radius 1 is 1.12 bits per heavy atom. The van der Waals surface area contributed by atoms with Crippen LogP contribution in [0.1, 0.15) is 47.2 Å². The lowest BCUT2D eigenvalue weighted by Crippen LogP contribution is -2.15. The molecule has 0 spiro atoms. The Bertz CT molecular complexity index is 1390. The highest BCUT2D eigenvalue weighted by atomic mass is 19.1. The number of anilines is 1. The largest absolute Gasteiger partial charge is 0.327 e.